The molecule has 0 aromatic carbocycles. The lowest BCUT2D eigenvalue weighted by Gasteiger charge is -2.67. The van der Waals surface area contributed by atoms with Crippen LogP contribution in [0.5, 0.6) is 0 Å². The highest BCUT2D eigenvalue weighted by atomic mass is 16.5. The van der Waals surface area contributed by atoms with Gasteiger partial charge in [-0.3, -0.25) is 0 Å². The maximum atomic E-state index is 5.83. The molecular formula is C11H21NO. The maximum absolute atomic E-state index is 5.83. The maximum Gasteiger partial charge on any atom is 0.101 e. The molecule has 2 rings (SSSR count). The van der Waals surface area contributed by atoms with Gasteiger partial charge in [-0.05, 0) is 11.8 Å². The zero-order valence-corrected chi connectivity index (χ0v) is 9.18. The van der Waals surface area contributed by atoms with Crippen LogP contribution in [0.1, 0.15) is 27.7 Å². The van der Waals surface area contributed by atoms with Gasteiger partial charge in [-0.25, -0.2) is 0 Å². The Morgan fingerprint density at radius 1 is 1.08 bits per heavy atom. The van der Waals surface area contributed by atoms with Gasteiger partial charge in [0.05, 0.1) is 6.61 Å². The van der Waals surface area contributed by atoms with Crippen molar-refractivity contribution in [2.45, 2.75) is 33.3 Å². The number of rotatable bonds is 2. The van der Waals surface area contributed by atoms with Crippen LogP contribution in [-0.4, -0.2) is 25.3 Å². The van der Waals surface area contributed by atoms with Gasteiger partial charge < -0.3 is 10.1 Å². The third-order valence-electron chi connectivity index (χ3n) is 4.32. The van der Waals surface area contributed by atoms with Gasteiger partial charge in [-0.1, -0.05) is 27.7 Å². The standard InChI is InChI=1S/C11H21NO/c1-8(2)11(9(3)4)7-13-10(11)5-12-6-10/h8-9,12H,5-7H2,1-4H3. The van der Waals surface area contributed by atoms with Gasteiger partial charge in [0.1, 0.15) is 5.60 Å². The first-order valence-electron chi connectivity index (χ1n) is 5.40. The molecular weight excluding hydrogens is 162 g/mol. The fourth-order valence-electron chi connectivity index (χ4n) is 3.28. The van der Waals surface area contributed by atoms with Crippen molar-refractivity contribution in [3.8, 4) is 0 Å². The van der Waals surface area contributed by atoms with Crippen LogP contribution in [-0.2, 0) is 4.74 Å². The fraction of sp³-hybridized carbons (Fsp3) is 1.00. The molecule has 2 aliphatic rings. The first kappa shape index (κ1) is 9.47. The topological polar surface area (TPSA) is 21.3 Å². The van der Waals surface area contributed by atoms with Crippen LogP contribution in [0.3, 0.4) is 0 Å². The van der Waals surface area contributed by atoms with Crippen LogP contribution in [0.2, 0.25) is 0 Å². The van der Waals surface area contributed by atoms with Crippen molar-refractivity contribution in [2.75, 3.05) is 19.7 Å². The average molecular weight is 183 g/mol. The summed E-state index contributed by atoms with van der Waals surface area (Å²) in [6, 6.07) is 0. The Bertz CT molecular complexity index is 193. The number of hydrogen-bond donors (Lipinski definition) is 1. The summed E-state index contributed by atoms with van der Waals surface area (Å²) in [6.45, 7) is 12.4. The van der Waals surface area contributed by atoms with Crippen LogP contribution in [0.4, 0.5) is 0 Å². The van der Waals surface area contributed by atoms with E-state index in [2.05, 4.69) is 33.0 Å². The lowest BCUT2D eigenvalue weighted by Crippen LogP contribution is -2.80. The van der Waals surface area contributed by atoms with Crippen molar-refractivity contribution in [3.05, 3.63) is 0 Å². The van der Waals surface area contributed by atoms with Gasteiger partial charge in [0.2, 0.25) is 0 Å². The Morgan fingerprint density at radius 2 is 1.62 bits per heavy atom. The molecule has 0 unspecified atom stereocenters. The minimum absolute atomic E-state index is 0.190. The zero-order valence-electron chi connectivity index (χ0n) is 9.18. The SMILES string of the molecule is CC(C)C1(C(C)C)COC12CNC2. The summed E-state index contributed by atoms with van der Waals surface area (Å²) < 4.78 is 5.83. The summed E-state index contributed by atoms with van der Waals surface area (Å²) in [7, 11) is 0. The quantitative estimate of drug-likeness (QED) is 0.703. The van der Waals surface area contributed by atoms with Gasteiger partial charge in [0.25, 0.3) is 0 Å². The van der Waals surface area contributed by atoms with E-state index < -0.39 is 0 Å². The molecule has 0 aromatic rings. The second kappa shape index (κ2) is 2.71. The lowest BCUT2D eigenvalue weighted by atomic mass is 9.53. The smallest absolute Gasteiger partial charge is 0.101 e. The summed E-state index contributed by atoms with van der Waals surface area (Å²) >= 11 is 0. The zero-order chi connectivity index (χ0) is 9.69. The summed E-state index contributed by atoms with van der Waals surface area (Å²) in [4.78, 5) is 0. The van der Waals surface area contributed by atoms with Crippen LogP contribution < -0.4 is 5.32 Å². The molecule has 2 heterocycles. The first-order valence-corrected chi connectivity index (χ1v) is 5.40. The molecule has 0 atom stereocenters. The Balaban J connectivity index is 2.24. The largest absolute Gasteiger partial charge is 0.371 e. The molecule has 2 heteroatoms. The van der Waals surface area contributed by atoms with Crippen LogP contribution >= 0.6 is 0 Å². The van der Waals surface area contributed by atoms with Crippen LogP contribution in [0.15, 0.2) is 0 Å². The highest BCUT2D eigenvalue weighted by Gasteiger charge is 2.66. The third kappa shape index (κ3) is 0.909. The van der Waals surface area contributed by atoms with Crippen molar-refractivity contribution in [2.24, 2.45) is 17.3 Å². The molecule has 2 nitrogen and oxygen atoms in total. The molecule has 2 saturated heterocycles. The van der Waals surface area contributed by atoms with E-state index in [1.165, 1.54) is 0 Å². The fourth-order valence-corrected chi connectivity index (χ4v) is 3.28. The van der Waals surface area contributed by atoms with Crippen LogP contribution in [0, 0.1) is 17.3 Å². The normalized spacial score (nSPS) is 29.1. The van der Waals surface area contributed by atoms with Crippen molar-refractivity contribution >= 4 is 0 Å². The molecule has 1 N–H and O–H groups in total. The minimum atomic E-state index is 0.190. The van der Waals surface area contributed by atoms with E-state index in [1.807, 2.05) is 0 Å². The van der Waals surface area contributed by atoms with Crippen molar-refractivity contribution in [3.63, 3.8) is 0 Å². The molecule has 0 radical (unpaired) electrons. The summed E-state index contributed by atoms with van der Waals surface area (Å²) in [5, 5.41) is 3.34. The van der Waals surface area contributed by atoms with E-state index in [9.17, 15) is 0 Å². The van der Waals surface area contributed by atoms with E-state index in [4.69, 9.17) is 4.74 Å². The summed E-state index contributed by atoms with van der Waals surface area (Å²) in [6.07, 6.45) is 0. The highest BCUT2D eigenvalue weighted by molar-refractivity contribution is 5.16. The summed E-state index contributed by atoms with van der Waals surface area (Å²) in [5.74, 6) is 1.45. The molecule has 0 aliphatic carbocycles. The molecule has 2 aliphatic heterocycles. The second-order valence-electron chi connectivity index (χ2n) is 5.24. The molecule has 2 fully saturated rings. The summed E-state index contributed by atoms with van der Waals surface area (Å²) in [5.41, 5.74) is 0.619. The molecule has 0 saturated carbocycles. The average Bonchev–Trinajstić information content (AvgIpc) is 1.78. The monoisotopic (exact) mass is 183 g/mol. The number of nitrogens with one attached hydrogen (secondary N) is 1. The Hall–Kier alpha value is -0.0800. The molecule has 0 bridgehead atoms. The molecule has 0 amide bonds. The Morgan fingerprint density at radius 3 is 1.69 bits per heavy atom. The molecule has 13 heavy (non-hydrogen) atoms. The van der Waals surface area contributed by atoms with Crippen LogP contribution in [0.25, 0.3) is 0 Å². The van der Waals surface area contributed by atoms with E-state index >= 15 is 0 Å². The second-order valence-corrected chi connectivity index (χ2v) is 5.24. The lowest BCUT2D eigenvalue weighted by molar-refractivity contribution is -0.320. The van der Waals surface area contributed by atoms with Gasteiger partial charge in [0, 0.05) is 18.5 Å². The Labute approximate surface area is 81.0 Å². The predicted octanol–water partition coefficient (Wildman–Crippen LogP) is 1.66. The predicted molar refractivity (Wildman–Crippen MR) is 53.7 cm³/mol. The molecule has 1 spiro atoms. The molecule has 0 aromatic heterocycles. The van der Waals surface area contributed by atoms with Gasteiger partial charge >= 0.3 is 0 Å². The third-order valence-corrected chi connectivity index (χ3v) is 4.32. The number of ether oxygens (including phenoxy) is 1. The van der Waals surface area contributed by atoms with E-state index in [0.717, 1.165) is 31.5 Å². The van der Waals surface area contributed by atoms with Crippen molar-refractivity contribution in [1.29, 1.82) is 0 Å². The van der Waals surface area contributed by atoms with Crippen molar-refractivity contribution < 1.29 is 4.74 Å². The Kier molecular flexibility index (Phi) is 1.97. The highest BCUT2D eigenvalue weighted by Crippen LogP contribution is 2.56. The van der Waals surface area contributed by atoms with Crippen molar-refractivity contribution in [1.82, 2.24) is 5.32 Å². The molecule has 76 valence electrons. The van der Waals surface area contributed by atoms with E-state index in [-0.39, 0.29) is 5.60 Å². The van der Waals surface area contributed by atoms with Gasteiger partial charge in [-0.2, -0.15) is 0 Å². The minimum Gasteiger partial charge on any atom is -0.371 e. The van der Waals surface area contributed by atoms with E-state index in [0.29, 0.717) is 5.41 Å². The number of hydrogen-bond acceptors (Lipinski definition) is 2. The van der Waals surface area contributed by atoms with E-state index in [1.54, 1.807) is 0 Å². The van der Waals surface area contributed by atoms with Gasteiger partial charge in [0.15, 0.2) is 0 Å². The first-order chi connectivity index (χ1) is 6.05. The van der Waals surface area contributed by atoms with Gasteiger partial charge in [-0.15, -0.1) is 0 Å².